The van der Waals surface area contributed by atoms with Crippen LogP contribution in [0.1, 0.15) is 26.2 Å². The van der Waals surface area contributed by atoms with Gasteiger partial charge in [-0.3, -0.25) is 0 Å². The van der Waals surface area contributed by atoms with Crippen molar-refractivity contribution in [3.63, 3.8) is 0 Å². The summed E-state index contributed by atoms with van der Waals surface area (Å²) in [4.78, 5) is 8.87. The smallest absolute Gasteiger partial charge is 0.191 e. The lowest BCUT2D eigenvalue weighted by molar-refractivity contribution is 0.0486. The molecule has 1 aromatic rings. The standard InChI is InChI=1S/C13H22N4OS/c1-3-4-14-11-7-12(17-13(16-11)19-2)15-8-9-5-10(18)6-9/h7,9-10,18H,3-6,8H2,1-2H3,(H2,14,15,16,17). The molecule has 0 saturated heterocycles. The monoisotopic (exact) mass is 282 g/mol. The van der Waals surface area contributed by atoms with Crippen LogP contribution in [-0.4, -0.2) is 40.5 Å². The first-order valence-corrected chi connectivity index (χ1v) is 8.02. The van der Waals surface area contributed by atoms with E-state index in [9.17, 15) is 5.11 Å². The van der Waals surface area contributed by atoms with E-state index in [0.717, 1.165) is 49.1 Å². The van der Waals surface area contributed by atoms with E-state index in [0.29, 0.717) is 5.92 Å². The Balaban J connectivity index is 1.93. The summed E-state index contributed by atoms with van der Waals surface area (Å²) in [6.07, 6.45) is 4.75. The van der Waals surface area contributed by atoms with Crippen molar-refractivity contribution in [1.82, 2.24) is 9.97 Å². The zero-order valence-corrected chi connectivity index (χ0v) is 12.3. The minimum atomic E-state index is -0.0965. The third-order valence-corrected chi connectivity index (χ3v) is 3.77. The van der Waals surface area contributed by atoms with E-state index in [1.807, 2.05) is 12.3 Å². The Hall–Kier alpha value is -1.01. The number of aliphatic hydroxyl groups excluding tert-OH is 1. The van der Waals surface area contributed by atoms with Gasteiger partial charge in [0.05, 0.1) is 6.10 Å². The summed E-state index contributed by atoms with van der Waals surface area (Å²) in [6.45, 7) is 3.92. The SMILES string of the molecule is CCCNc1cc(NCC2CC(O)C2)nc(SC)n1. The number of aliphatic hydroxyl groups is 1. The molecular formula is C13H22N4OS. The molecular weight excluding hydrogens is 260 g/mol. The molecule has 0 amide bonds. The van der Waals surface area contributed by atoms with Crippen LogP contribution < -0.4 is 10.6 Å². The quantitative estimate of drug-likeness (QED) is 0.526. The minimum absolute atomic E-state index is 0.0965. The molecule has 6 heteroatoms. The van der Waals surface area contributed by atoms with Crippen molar-refractivity contribution in [2.45, 2.75) is 37.4 Å². The first-order valence-electron chi connectivity index (χ1n) is 6.80. The molecule has 5 nitrogen and oxygen atoms in total. The summed E-state index contributed by atoms with van der Waals surface area (Å²) in [7, 11) is 0. The van der Waals surface area contributed by atoms with Gasteiger partial charge in [0.2, 0.25) is 0 Å². The topological polar surface area (TPSA) is 70.1 Å². The summed E-state index contributed by atoms with van der Waals surface area (Å²) >= 11 is 1.54. The van der Waals surface area contributed by atoms with Gasteiger partial charge in [-0.25, -0.2) is 9.97 Å². The van der Waals surface area contributed by atoms with Crippen molar-refractivity contribution in [3.8, 4) is 0 Å². The molecule has 1 fully saturated rings. The average Bonchev–Trinajstić information content (AvgIpc) is 2.39. The van der Waals surface area contributed by atoms with Gasteiger partial charge >= 0.3 is 0 Å². The Kier molecular flexibility index (Phi) is 5.27. The van der Waals surface area contributed by atoms with Crippen molar-refractivity contribution in [2.75, 3.05) is 30.0 Å². The highest BCUT2D eigenvalue weighted by molar-refractivity contribution is 7.98. The Bertz CT molecular complexity index is 410. The average molecular weight is 282 g/mol. The molecule has 1 heterocycles. The van der Waals surface area contributed by atoms with E-state index < -0.39 is 0 Å². The van der Waals surface area contributed by atoms with Gasteiger partial charge in [0.1, 0.15) is 11.6 Å². The van der Waals surface area contributed by atoms with Crippen molar-refractivity contribution in [3.05, 3.63) is 6.07 Å². The lowest BCUT2D eigenvalue weighted by Gasteiger charge is -2.31. The summed E-state index contributed by atoms with van der Waals surface area (Å²) in [6, 6.07) is 1.95. The molecule has 3 N–H and O–H groups in total. The largest absolute Gasteiger partial charge is 0.393 e. The van der Waals surface area contributed by atoms with E-state index in [1.165, 1.54) is 0 Å². The van der Waals surface area contributed by atoms with Crippen molar-refractivity contribution in [1.29, 1.82) is 0 Å². The van der Waals surface area contributed by atoms with Crippen LogP contribution in [0.3, 0.4) is 0 Å². The van der Waals surface area contributed by atoms with E-state index in [4.69, 9.17) is 0 Å². The molecule has 1 aliphatic rings. The van der Waals surface area contributed by atoms with Gasteiger partial charge in [-0.15, -0.1) is 0 Å². The third-order valence-electron chi connectivity index (χ3n) is 3.23. The van der Waals surface area contributed by atoms with Crippen LogP contribution in [0.25, 0.3) is 0 Å². The molecule has 1 saturated carbocycles. The van der Waals surface area contributed by atoms with Crippen molar-refractivity contribution in [2.24, 2.45) is 5.92 Å². The van der Waals surface area contributed by atoms with Gasteiger partial charge in [-0.05, 0) is 31.4 Å². The molecule has 0 spiro atoms. The maximum absolute atomic E-state index is 9.27. The molecule has 1 aromatic heterocycles. The molecule has 19 heavy (non-hydrogen) atoms. The van der Waals surface area contributed by atoms with Gasteiger partial charge in [-0.2, -0.15) is 0 Å². The normalized spacial score (nSPS) is 21.8. The molecule has 0 aliphatic heterocycles. The molecule has 0 radical (unpaired) electrons. The summed E-state index contributed by atoms with van der Waals surface area (Å²) in [5.41, 5.74) is 0. The highest BCUT2D eigenvalue weighted by Crippen LogP contribution is 2.27. The summed E-state index contributed by atoms with van der Waals surface area (Å²) in [5.74, 6) is 2.30. The first-order chi connectivity index (χ1) is 9.21. The first kappa shape index (κ1) is 14.4. The fraction of sp³-hybridized carbons (Fsp3) is 0.692. The number of thioether (sulfide) groups is 1. The maximum Gasteiger partial charge on any atom is 0.191 e. The number of rotatable bonds is 7. The van der Waals surface area contributed by atoms with Crippen LogP contribution in [0.15, 0.2) is 11.2 Å². The van der Waals surface area contributed by atoms with Gasteiger partial charge in [-0.1, -0.05) is 18.7 Å². The zero-order valence-electron chi connectivity index (χ0n) is 11.5. The predicted molar refractivity (Wildman–Crippen MR) is 79.8 cm³/mol. The van der Waals surface area contributed by atoms with Gasteiger partial charge in [0.25, 0.3) is 0 Å². The fourth-order valence-corrected chi connectivity index (χ4v) is 2.45. The van der Waals surface area contributed by atoms with Crippen LogP contribution in [-0.2, 0) is 0 Å². The molecule has 106 valence electrons. The second-order valence-electron chi connectivity index (χ2n) is 4.92. The van der Waals surface area contributed by atoms with Gasteiger partial charge in [0.15, 0.2) is 5.16 Å². The minimum Gasteiger partial charge on any atom is -0.393 e. The number of anilines is 2. The van der Waals surface area contributed by atoms with E-state index in [-0.39, 0.29) is 6.10 Å². The number of nitrogens with zero attached hydrogens (tertiary/aromatic N) is 2. The molecule has 0 atom stereocenters. The number of hydrogen-bond acceptors (Lipinski definition) is 6. The van der Waals surface area contributed by atoms with Crippen LogP contribution in [0.5, 0.6) is 0 Å². The van der Waals surface area contributed by atoms with Crippen molar-refractivity contribution < 1.29 is 5.11 Å². The van der Waals surface area contributed by atoms with Crippen LogP contribution >= 0.6 is 11.8 Å². The molecule has 1 aliphatic carbocycles. The predicted octanol–water partition coefficient (Wildman–Crippen LogP) is 2.20. The highest BCUT2D eigenvalue weighted by Gasteiger charge is 2.26. The lowest BCUT2D eigenvalue weighted by atomic mass is 9.82. The van der Waals surface area contributed by atoms with Gasteiger partial charge in [0, 0.05) is 19.2 Å². The second kappa shape index (κ2) is 6.96. The molecule has 2 rings (SSSR count). The van der Waals surface area contributed by atoms with Crippen LogP contribution in [0.2, 0.25) is 0 Å². The number of hydrogen-bond donors (Lipinski definition) is 3. The Morgan fingerprint density at radius 3 is 2.58 bits per heavy atom. The van der Waals surface area contributed by atoms with E-state index >= 15 is 0 Å². The number of aromatic nitrogens is 2. The zero-order chi connectivity index (χ0) is 13.7. The third kappa shape index (κ3) is 4.24. The Morgan fingerprint density at radius 2 is 2.00 bits per heavy atom. The molecule has 0 aromatic carbocycles. The summed E-state index contributed by atoms with van der Waals surface area (Å²) < 4.78 is 0. The highest BCUT2D eigenvalue weighted by atomic mass is 32.2. The fourth-order valence-electron chi connectivity index (χ4n) is 2.07. The van der Waals surface area contributed by atoms with Crippen LogP contribution in [0.4, 0.5) is 11.6 Å². The second-order valence-corrected chi connectivity index (χ2v) is 5.70. The maximum atomic E-state index is 9.27. The summed E-state index contributed by atoms with van der Waals surface area (Å²) in [5, 5.41) is 16.7. The lowest BCUT2D eigenvalue weighted by Crippen LogP contribution is -2.33. The Labute approximate surface area is 118 Å². The Morgan fingerprint density at radius 1 is 1.32 bits per heavy atom. The van der Waals surface area contributed by atoms with E-state index in [2.05, 4.69) is 27.5 Å². The molecule has 0 unspecified atom stereocenters. The van der Waals surface area contributed by atoms with Gasteiger partial charge < -0.3 is 15.7 Å². The molecule has 0 bridgehead atoms. The van der Waals surface area contributed by atoms with Crippen molar-refractivity contribution >= 4 is 23.4 Å². The van der Waals surface area contributed by atoms with Crippen LogP contribution in [0, 0.1) is 5.92 Å². The van der Waals surface area contributed by atoms with E-state index in [1.54, 1.807) is 11.8 Å². The number of nitrogens with one attached hydrogen (secondary N) is 2.